The van der Waals surface area contributed by atoms with Crippen LogP contribution in [-0.4, -0.2) is 56.6 Å². The molecule has 2 aliphatic heterocycles. The van der Waals surface area contributed by atoms with E-state index in [9.17, 15) is 13.2 Å². The highest BCUT2D eigenvalue weighted by Crippen LogP contribution is 2.58. The Hall–Kier alpha value is -0.660. The maximum absolute atomic E-state index is 12.5. The van der Waals surface area contributed by atoms with E-state index in [4.69, 9.17) is 0 Å². The molecular formula is C16H29N3O3S. The number of amides is 1. The first-order chi connectivity index (χ1) is 11.0. The Bertz CT molecular complexity index is 535. The van der Waals surface area contributed by atoms with E-state index in [1.165, 1.54) is 0 Å². The van der Waals surface area contributed by atoms with Crippen molar-refractivity contribution >= 4 is 15.9 Å². The number of rotatable bonds is 5. The van der Waals surface area contributed by atoms with Crippen molar-refractivity contribution in [1.29, 1.82) is 0 Å². The molecule has 2 N–H and O–H groups in total. The molecule has 1 spiro atoms. The molecule has 1 atom stereocenters. The van der Waals surface area contributed by atoms with E-state index in [2.05, 4.69) is 10.6 Å². The smallest absolute Gasteiger partial charge is 0.223 e. The Labute approximate surface area is 139 Å². The summed E-state index contributed by atoms with van der Waals surface area (Å²) in [6, 6.07) is 0.134. The second-order valence-corrected chi connectivity index (χ2v) is 9.46. The Kier molecular flexibility index (Phi) is 4.99. The number of piperidine rings is 2. The van der Waals surface area contributed by atoms with Crippen molar-refractivity contribution in [3.05, 3.63) is 0 Å². The van der Waals surface area contributed by atoms with Gasteiger partial charge in [0.2, 0.25) is 15.9 Å². The van der Waals surface area contributed by atoms with Crippen LogP contribution in [0.3, 0.4) is 0 Å². The van der Waals surface area contributed by atoms with Crippen LogP contribution in [0.15, 0.2) is 0 Å². The number of carbonyl (C=O) groups excluding carboxylic acids is 1. The summed E-state index contributed by atoms with van der Waals surface area (Å²) in [5, 5.41) is 6.53. The second-order valence-electron chi connectivity index (χ2n) is 7.37. The van der Waals surface area contributed by atoms with E-state index >= 15 is 0 Å². The Morgan fingerprint density at radius 2 is 1.91 bits per heavy atom. The molecule has 6 nitrogen and oxygen atoms in total. The van der Waals surface area contributed by atoms with Crippen molar-refractivity contribution < 1.29 is 13.2 Å². The van der Waals surface area contributed by atoms with Crippen molar-refractivity contribution in [1.82, 2.24) is 14.9 Å². The van der Waals surface area contributed by atoms with Gasteiger partial charge in [-0.05, 0) is 57.0 Å². The molecule has 3 aliphatic rings. The molecule has 0 aromatic rings. The topological polar surface area (TPSA) is 78.5 Å². The lowest BCUT2D eigenvalue weighted by Crippen LogP contribution is -2.47. The number of nitrogens with one attached hydrogen (secondary N) is 2. The third-order valence-corrected chi connectivity index (χ3v) is 7.84. The van der Waals surface area contributed by atoms with Gasteiger partial charge in [-0.15, -0.1) is 0 Å². The van der Waals surface area contributed by atoms with Crippen molar-refractivity contribution in [3.63, 3.8) is 0 Å². The Balaban J connectivity index is 1.45. The SMILES string of the molecule is CCCS(=O)(=O)N1CCC(NC(=O)C2CC23CCNCC3)CC1. The molecule has 0 radical (unpaired) electrons. The minimum absolute atomic E-state index is 0.134. The zero-order valence-corrected chi connectivity index (χ0v) is 14.8. The fourth-order valence-electron chi connectivity index (χ4n) is 4.16. The first-order valence-electron chi connectivity index (χ1n) is 8.96. The highest BCUT2D eigenvalue weighted by Gasteiger charge is 2.57. The van der Waals surface area contributed by atoms with Gasteiger partial charge in [0, 0.05) is 25.0 Å². The third kappa shape index (κ3) is 3.72. The molecule has 132 valence electrons. The molecule has 1 amide bonds. The predicted molar refractivity (Wildman–Crippen MR) is 89.5 cm³/mol. The number of sulfonamides is 1. The average molecular weight is 343 g/mol. The number of hydrogen-bond donors (Lipinski definition) is 2. The van der Waals surface area contributed by atoms with Gasteiger partial charge in [0.1, 0.15) is 0 Å². The van der Waals surface area contributed by atoms with Crippen molar-refractivity contribution in [2.75, 3.05) is 31.9 Å². The summed E-state index contributed by atoms with van der Waals surface area (Å²) in [6.45, 7) is 5.01. The molecule has 1 unspecified atom stereocenters. The summed E-state index contributed by atoms with van der Waals surface area (Å²) >= 11 is 0. The second kappa shape index (κ2) is 6.69. The minimum atomic E-state index is -3.10. The average Bonchev–Trinajstić information content (AvgIpc) is 3.22. The highest BCUT2D eigenvalue weighted by atomic mass is 32.2. The molecule has 2 heterocycles. The minimum Gasteiger partial charge on any atom is -0.353 e. The molecule has 1 aliphatic carbocycles. The van der Waals surface area contributed by atoms with Gasteiger partial charge in [-0.2, -0.15) is 0 Å². The van der Waals surface area contributed by atoms with Crippen LogP contribution in [0.5, 0.6) is 0 Å². The molecule has 23 heavy (non-hydrogen) atoms. The van der Waals surface area contributed by atoms with Crippen molar-refractivity contribution in [2.24, 2.45) is 11.3 Å². The number of hydrogen-bond acceptors (Lipinski definition) is 4. The van der Waals surface area contributed by atoms with Crippen LogP contribution in [0.2, 0.25) is 0 Å². The number of nitrogens with zero attached hydrogens (tertiary/aromatic N) is 1. The highest BCUT2D eigenvalue weighted by molar-refractivity contribution is 7.89. The van der Waals surface area contributed by atoms with E-state index in [0.717, 1.165) is 45.2 Å². The Morgan fingerprint density at radius 1 is 1.26 bits per heavy atom. The van der Waals surface area contributed by atoms with Gasteiger partial charge in [0.05, 0.1) is 5.75 Å². The van der Waals surface area contributed by atoms with Crippen LogP contribution < -0.4 is 10.6 Å². The zero-order chi connectivity index (χ0) is 16.5. The Morgan fingerprint density at radius 3 is 2.52 bits per heavy atom. The van der Waals surface area contributed by atoms with Gasteiger partial charge in [-0.3, -0.25) is 4.79 Å². The van der Waals surface area contributed by atoms with Gasteiger partial charge < -0.3 is 10.6 Å². The van der Waals surface area contributed by atoms with Crippen LogP contribution in [0.4, 0.5) is 0 Å². The standard InChI is InChI=1S/C16H29N3O3S/c1-2-11-23(21,22)19-9-3-13(4-10-19)18-15(20)14-12-16(14)5-7-17-8-6-16/h13-14,17H,2-12H2,1H3,(H,18,20). The molecule has 0 aromatic carbocycles. The lowest BCUT2D eigenvalue weighted by Gasteiger charge is -2.32. The number of carbonyl (C=O) groups is 1. The van der Waals surface area contributed by atoms with Gasteiger partial charge >= 0.3 is 0 Å². The summed E-state index contributed by atoms with van der Waals surface area (Å²) in [5.41, 5.74) is 0.264. The molecule has 3 fully saturated rings. The predicted octanol–water partition coefficient (Wildman–Crippen LogP) is 0.697. The fourth-order valence-corrected chi connectivity index (χ4v) is 5.70. The lowest BCUT2D eigenvalue weighted by atomic mass is 9.91. The maximum atomic E-state index is 12.5. The van der Waals surface area contributed by atoms with Crippen molar-refractivity contribution in [2.45, 2.75) is 51.5 Å². The van der Waals surface area contributed by atoms with E-state index in [0.29, 0.717) is 19.5 Å². The third-order valence-electron chi connectivity index (χ3n) is 5.76. The molecule has 3 rings (SSSR count). The van der Waals surface area contributed by atoms with Gasteiger partial charge in [-0.1, -0.05) is 6.92 Å². The molecular weight excluding hydrogens is 314 g/mol. The molecule has 1 saturated carbocycles. The van der Waals surface area contributed by atoms with E-state index < -0.39 is 10.0 Å². The first kappa shape index (κ1) is 17.2. The van der Waals surface area contributed by atoms with Crippen LogP contribution >= 0.6 is 0 Å². The van der Waals surface area contributed by atoms with E-state index in [1.807, 2.05) is 6.92 Å². The monoisotopic (exact) mass is 343 g/mol. The van der Waals surface area contributed by atoms with Gasteiger partial charge in [-0.25, -0.2) is 12.7 Å². The molecule has 2 saturated heterocycles. The van der Waals surface area contributed by atoms with Crippen LogP contribution in [-0.2, 0) is 14.8 Å². The summed E-state index contributed by atoms with van der Waals surface area (Å²) in [5.74, 6) is 0.607. The van der Waals surface area contributed by atoms with E-state index in [1.54, 1.807) is 4.31 Å². The first-order valence-corrected chi connectivity index (χ1v) is 10.6. The summed E-state index contributed by atoms with van der Waals surface area (Å²) in [6.07, 6.45) is 5.37. The summed E-state index contributed by atoms with van der Waals surface area (Å²) < 4.78 is 25.7. The maximum Gasteiger partial charge on any atom is 0.223 e. The van der Waals surface area contributed by atoms with Crippen LogP contribution in [0, 0.1) is 11.3 Å². The van der Waals surface area contributed by atoms with Crippen LogP contribution in [0.1, 0.15) is 45.4 Å². The summed E-state index contributed by atoms with van der Waals surface area (Å²) in [4.78, 5) is 12.5. The quantitative estimate of drug-likeness (QED) is 0.770. The normalized spacial score (nSPS) is 28.7. The largest absolute Gasteiger partial charge is 0.353 e. The molecule has 0 bridgehead atoms. The molecule has 7 heteroatoms. The van der Waals surface area contributed by atoms with E-state index in [-0.39, 0.29) is 29.0 Å². The zero-order valence-electron chi connectivity index (χ0n) is 14.0. The van der Waals surface area contributed by atoms with Gasteiger partial charge in [0.15, 0.2) is 0 Å². The van der Waals surface area contributed by atoms with Gasteiger partial charge in [0.25, 0.3) is 0 Å². The lowest BCUT2D eigenvalue weighted by molar-refractivity contribution is -0.124. The van der Waals surface area contributed by atoms with Crippen LogP contribution in [0.25, 0.3) is 0 Å². The summed E-state index contributed by atoms with van der Waals surface area (Å²) in [7, 11) is -3.10. The molecule has 0 aromatic heterocycles. The fraction of sp³-hybridized carbons (Fsp3) is 0.938. The van der Waals surface area contributed by atoms with Crippen molar-refractivity contribution in [3.8, 4) is 0 Å².